The van der Waals surface area contributed by atoms with Gasteiger partial charge in [-0.25, -0.2) is 9.67 Å². The molecule has 0 radical (unpaired) electrons. The van der Waals surface area contributed by atoms with E-state index in [9.17, 15) is 22.8 Å². The number of halogens is 3. The van der Waals surface area contributed by atoms with Gasteiger partial charge in [0.15, 0.2) is 5.65 Å². The standard InChI is InChI=1S/C25H22F3N5O2/c1-14(2)33-22-16(13-29-33)11-20(15(3)30-22)24(35)32-21-10-5-4-9-19(21)23(34)31-18-8-6-7-17(12-18)25(26,27)28/h4-14H,1-3H3,(H,31,34)(H,32,35). The quantitative estimate of drug-likeness (QED) is 0.375. The minimum absolute atomic E-state index is 0.0152. The number of anilines is 2. The van der Waals surface area contributed by atoms with E-state index in [-0.39, 0.29) is 23.0 Å². The van der Waals surface area contributed by atoms with Gasteiger partial charge in [-0.1, -0.05) is 18.2 Å². The van der Waals surface area contributed by atoms with Gasteiger partial charge < -0.3 is 10.6 Å². The zero-order chi connectivity index (χ0) is 25.3. The number of alkyl halides is 3. The average molecular weight is 481 g/mol. The van der Waals surface area contributed by atoms with Gasteiger partial charge in [-0.15, -0.1) is 0 Å². The smallest absolute Gasteiger partial charge is 0.322 e. The summed E-state index contributed by atoms with van der Waals surface area (Å²) in [7, 11) is 0. The van der Waals surface area contributed by atoms with Gasteiger partial charge in [-0.2, -0.15) is 18.3 Å². The summed E-state index contributed by atoms with van der Waals surface area (Å²) in [5.41, 5.74) is 0.874. The number of hydrogen-bond donors (Lipinski definition) is 2. The van der Waals surface area contributed by atoms with Crippen molar-refractivity contribution in [3.63, 3.8) is 0 Å². The normalized spacial score (nSPS) is 11.6. The SMILES string of the molecule is Cc1nc2c(cnn2C(C)C)cc1C(=O)Nc1ccccc1C(=O)Nc1cccc(C(F)(F)F)c1. The second-order valence-corrected chi connectivity index (χ2v) is 8.25. The van der Waals surface area contributed by atoms with E-state index in [1.165, 1.54) is 24.3 Å². The molecule has 7 nitrogen and oxygen atoms in total. The van der Waals surface area contributed by atoms with Crippen LogP contribution in [0, 0.1) is 6.92 Å². The number of para-hydroxylation sites is 1. The molecule has 0 saturated heterocycles. The van der Waals surface area contributed by atoms with Gasteiger partial charge in [0.05, 0.1) is 34.3 Å². The molecule has 0 fully saturated rings. The van der Waals surface area contributed by atoms with Crippen molar-refractivity contribution in [1.29, 1.82) is 0 Å². The Morgan fingerprint density at radius 3 is 2.37 bits per heavy atom. The molecule has 0 spiro atoms. The highest BCUT2D eigenvalue weighted by atomic mass is 19.4. The van der Waals surface area contributed by atoms with Crippen LogP contribution in [0.2, 0.25) is 0 Å². The van der Waals surface area contributed by atoms with Gasteiger partial charge in [0.1, 0.15) is 0 Å². The van der Waals surface area contributed by atoms with Crippen molar-refractivity contribution in [2.24, 2.45) is 0 Å². The number of hydrogen-bond acceptors (Lipinski definition) is 4. The Balaban J connectivity index is 1.59. The second kappa shape index (κ2) is 9.21. The Kier molecular flexibility index (Phi) is 6.29. The summed E-state index contributed by atoms with van der Waals surface area (Å²) in [5, 5.41) is 10.2. The molecule has 2 heterocycles. The molecule has 0 bridgehead atoms. The lowest BCUT2D eigenvalue weighted by Gasteiger charge is -2.14. The summed E-state index contributed by atoms with van der Waals surface area (Å²) in [6.45, 7) is 5.66. The largest absolute Gasteiger partial charge is 0.416 e. The molecule has 4 aromatic rings. The predicted molar refractivity (Wildman–Crippen MR) is 126 cm³/mol. The highest BCUT2D eigenvalue weighted by molar-refractivity contribution is 6.13. The molecule has 0 aliphatic heterocycles. The monoisotopic (exact) mass is 481 g/mol. The number of amides is 2. The number of aromatic nitrogens is 3. The Bertz CT molecular complexity index is 1430. The van der Waals surface area contributed by atoms with E-state index < -0.39 is 23.6 Å². The maximum atomic E-state index is 13.1. The number of carbonyl (C=O) groups is 2. The van der Waals surface area contributed by atoms with Gasteiger partial charge in [-0.05, 0) is 57.2 Å². The van der Waals surface area contributed by atoms with Gasteiger partial charge in [0, 0.05) is 17.1 Å². The first-order valence-corrected chi connectivity index (χ1v) is 10.8. The lowest BCUT2D eigenvalue weighted by Crippen LogP contribution is -2.19. The van der Waals surface area contributed by atoms with Gasteiger partial charge in [0.2, 0.25) is 0 Å². The van der Waals surface area contributed by atoms with E-state index in [2.05, 4.69) is 20.7 Å². The van der Waals surface area contributed by atoms with Crippen molar-refractivity contribution in [3.05, 3.63) is 83.2 Å². The van der Waals surface area contributed by atoms with Crippen LogP contribution in [0.1, 0.15) is 51.9 Å². The van der Waals surface area contributed by atoms with Crippen LogP contribution < -0.4 is 10.6 Å². The maximum Gasteiger partial charge on any atom is 0.416 e. The Labute approximate surface area is 199 Å². The van der Waals surface area contributed by atoms with Crippen molar-refractivity contribution in [2.75, 3.05) is 10.6 Å². The third kappa shape index (κ3) is 5.01. The summed E-state index contributed by atoms with van der Waals surface area (Å²) in [6, 6.07) is 12.4. The summed E-state index contributed by atoms with van der Waals surface area (Å²) in [5.74, 6) is -1.14. The average Bonchev–Trinajstić information content (AvgIpc) is 3.21. The molecule has 0 atom stereocenters. The van der Waals surface area contributed by atoms with Crippen molar-refractivity contribution in [1.82, 2.24) is 14.8 Å². The molecule has 2 aromatic carbocycles. The number of carbonyl (C=O) groups excluding carboxylic acids is 2. The maximum absolute atomic E-state index is 13.1. The Morgan fingerprint density at radius 2 is 1.66 bits per heavy atom. The lowest BCUT2D eigenvalue weighted by molar-refractivity contribution is -0.137. The number of pyridine rings is 1. The van der Waals surface area contributed by atoms with E-state index in [0.29, 0.717) is 22.3 Å². The number of nitrogens with zero attached hydrogens (tertiary/aromatic N) is 3. The van der Waals surface area contributed by atoms with Crippen LogP contribution in [0.5, 0.6) is 0 Å². The number of nitrogens with one attached hydrogen (secondary N) is 2. The Morgan fingerprint density at radius 1 is 0.943 bits per heavy atom. The van der Waals surface area contributed by atoms with Crippen LogP contribution in [0.4, 0.5) is 24.5 Å². The first-order valence-electron chi connectivity index (χ1n) is 10.8. The summed E-state index contributed by atoms with van der Waals surface area (Å²) >= 11 is 0. The van der Waals surface area contributed by atoms with Gasteiger partial charge in [-0.3, -0.25) is 9.59 Å². The highest BCUT2D eigenvalue weighted by Gasteiger charge is 2.30. The number of rotatable bonds is 5. The predicted octanol–water partition coefficient (Wildman–Crippen LogP) is 5.84. The zero-order valence-corrected chi connectivity index (χ0v) is 19.1. The van der Waals surface area contributed by atoms with Crippen LogP contribution in [0.3, 0.4) is 0 Å². The molecule has 0 saturated carbocycles. The van der Waals surface area contributed by atoms with Gasteiger partial charge in [0.25, 0.3) is 11.8 Å². The van der Waals surface area contributed by atoms with Crippen LogP contribution in [0.25, 0.3) is 11.0 Å². The van der Waals surface area contributed by atoms with Crippen LogP contribution in [-0.4, -0.2) is 26.6 Å². The molecule has 0 aliphatic rings. The lowest BCUT2D eigenvalue weighted by atomic mass is 10.1. The first-order chi connectivity index (χ1) is 16.5. The molecule has 10 heteroatoms. The molecular weight excluding hydrogens is 459 g/mol. The number of aryl methyl sites for hydroxylation is 1. The molecule has 2 N–H and O–H groups in total. The van der Waals surface area contributed by atoms with Crippen molar-refractivity contribution in [2.45, 2.75) is 33.0 Å². The molecule has 4 rings (SSSR count). The van der Waals surface area contributed by atoms with Crippen molar-refractivity contribution >= 4 is 34.2 Å². The number of benzene rings is 2. The summed E-state index contributed by atoms with van der Waals surface area (Å²) in [6.07, 6.45) is -2.90. The molecule has 0 unspecified atom stereocenters. The molecule has 2 aromatic heterocycles. The third-order valence-electron chi connectivity index (χ3n) is 5.36. The minimum Gasteiger partial charge on any atom is -0.322 e. The number of fused-ring (bicyclic) bond motifs is 1. The van der Waals surface area contributed by atoms with Crippen LogP contribution in [0.15, 0.2) is 60.8 Å². The molecule has 0 aliphatic carbocycles. The molecule has 2 amide bonds. The van der Waals surface area contributed by atoms with Crippen LogP contribution in [-0.2, 0) is 6.18 Å². The zero-order valence-electron chi connectivity index (χ0n) is 19.1. The third-order valence-corrected chi connectivity index (χ3v) is 5.36. The van der Waals surface area contributed by atoms with E-state index >= 15 is 0 Å². The van der Waals surface area contributed by atoms with Crippen molar-refractivity contribution < 1.29 is 22.8 Å². The van der Waals surface area contributed by atoms with E-state index in [4.69, 9.17) is 0 Å². The van der Waals surface area contributed by atoms with Gasteiger partial charge >= 0.3 is 6.18 Å². The van der Waals surface area contributed by atoms with E-state index in [1.54, 1.807) is 36.0 Å². The second-order valence-electron chi connectivity index (χ2n) is 8.25. The Hall–Kier alpha value is -4.21. The highest BCUT2D eigenvalue weighted by Crippen LogP contribution is 2.31. The van der Waals surface area contributed by atoms with E-state index in [0.717, 1.165) is 12.1 Å². The molecule has 180 valence electrons. The first kappa shape index (κ1) is 23.9. The molecular formula is C25H22F3N5O2. The van der Waals surface area contributed by atoms with E-state index in [1.807, 2.05) is 13.8 Å². The van der Waals surface area contributed by atoms with Crippen molar-refractivity contribution in [3.8, 4) is 0 Å². The summed E-state index contributed by atoms with van der Waals surface area (Å²) < 4.78 is 40.8. The minimum atomic E-state index is -4.54. The fourth-order valence-electron chi connectivity index (χ4n) is 3.62. The topological polar surface area (TPSA) is 88.9 Å². The summed E-state index contributed by atoms with van der Waals surface area (Å²) in [4.78, 5) is 30.5. The molecule has 35 heavy (non-hydrogen) atoms. The fraction of sp³-hybridized carbons (Fsp3) is 0.200. The fourth-order valence-corrected chi connectivity index (χ4v) is 3.62. The van der Waals surface area contributed by atoms with Crippen LogP contribution >= 0.6 is 0 Å².